The van der Waals surface area contributed by atoms with Crippen LogP contribution in [0.4, 0.5) is 10.9 Å². The zero-order valence-electron chi connectivity index (χ0n) is 24.8. The number of nitrogens with zero attached hydrogens (tertiary/aromatic N) is 6. The molecule has 3 aromatic heterocycles. The van der Waals surface area contributed by atoms with Crippen LogP contribution >= 0.6 is 27.3 Å². The Morgan fingerprint density at radius 2 is 1.50 bits per heavy atom. The van der Waals surface area contributed by atoms with Crippen LogP contribution in [-0.2, 0) is 41.8 Å². The zero-order chi connectivity index (χ0) is 32.1. The van der Waals surface area contributed by atoms with Crippen LogP contribution in [0.1, 0.15) is 52.2 Å². The number of hydrogen-bond acceptors (Lipinski definition) is 11. The van der Waals surface area contributed by atoms with Crippen LogP contribution in [0, 0.1) is 0 Å². The van der Waals surface area contributed by atoms with E-state index in [1.165, 1.54) is 11.3 Å². The monoisotopic (exact) mass is 701 g/mol. The minimum Gasteiger partial charge on any atom is -0.373 e. The van der Waals surface area contributed by atoms with Gasteiger partial charge >= 0.3 is 0 Å². The molecule has 0 spiro atoms. The van der Waals surface area contributed by atoms with Gasteiger partial charge in [0.1, 0.15) is 21.5 Å². The maximum absolute atomic E-state index is 12.7. The minimum atomic E-state index is -0.967. The van der Waals surface area contributed by atoms with E-state index in [0.717, 1.165) is 53.1 Å². The molecule has 14 heteroatoms. The van der Waals surface area contributed by atoms with Gasteiger partial charge in [0, 0.05) is 13.0 Å². The normalized spacial score (nSPS) is 11.6. The fourth-order valence-electron chi connectivity index (χ4n) is 4.51. The van der Waals surface area contributed by atoms with E-state index in [1.54, 1.807) is 18.2 Å². The van der Waals surface area contributed by atoms with E-state index in [-0.39, 0.29) is 24.7 Å². The summed E-state index contributed by atoms with van der Waals surface area (Å²) in [5.74, 6) is 0.113. The first kappa shape index (κ1) is 32.9. The van der Waals surface area contributed by atoms with Gasteiger partial charge in [0.2, 0.25) is 16.9 Å². The summed E-state index contributed by atoms with van der Waals surface area (Å²) >= 11 is 4.59. The lowest BCUT2D eigenvalue weighted by atomic mass is 10.1. The van der Waals surface area contributed by atoms with Gasteiger partial charge in [0.05, 0.1) is 18.5 Å². The van der Waals surface area contributed by atoms with Gasteiger partial charge in [-0.1, -0.05) is 65.9 Å². The van der Waals surface area contributed by atoms with Crippen molar-refractivity contribution >= 4 is 50.0 Å². The molecule has 0 saturated heterocycles. The number of halogens is 1. The number of aliphatic hydroxyl groups is 1. The van der Waals surface area contributed by atoms with Crippen molar-refractivity contribution in [3.05, 3.63) is 117 Å². The molecule has 0 aliphatic heterocycles. The molecule has 0 bridgehead atoms. The van der Waals surface area contributed by atoms with Gasteiger partial charge in [-0.05, 0) is 76.1 Å². The molecule has 5 rings (SSSR count). The summed E-state index contributed by atoms with van der Waals surface area (Å²) in [4.78, 5) is 24.9. The lowest BCUT2D eigenvalue weighted by molar-refractivity contribution is -0.116. The Hall–Kier alpha value is -4.50. The molecule has 0 aliphatic carbocycles. The van der Waals surface area contributed by atoms with E-state index < -0.39 is 6.23 Å². The van der Waals surface area contributed by atoms with Crippen molar-refractivity contribution in [1.29, 1.82) is 0 Å². The van der Waals surface area contributed by atoms with Crippen LogP contribution in [-0.4, -0.2) is 47.5 Å². The predicted molar refractivity (Wildman–Crippen MR) is 178 cm³/mol. The molecule has 236 valence electrons. The molecular formula is C32H32BrN9O3S. The van der Waals surface area contributed by atoms with E-state index in [4.69, 9.17) is 0 Å². The van der Waals surface area contributed by atoms with Crippen molar-refractivity contribution in [2.24, 2.45) is 0 Å². The molecule has 1 atom stereocenters. The third kappa shape index (κ3) is 10.5. The van der Waals surface area contributed by atoms with Crippen molar-refractivity contribution in [2.75, 3.05) is 10.6 Å². The molecule has 12 nitrogen and oxygen atoms in total. The smallest absolute Gasteiger partial charge is 0.230 e. The third-order valence-electron chi connectivity index (χ3n) is 6.77. The highest BCUT2D eigenvalue weighted by molar-refractivity contribution is 9.10. The number of aliphatic hydroxyl groups excluding tert-OH is 1. The lowest BCUT2D eigenvalue weighted by Gasteiger charge is -2.12. The number of carbonyl (C=O) groups excluding carboxylic acids is 2. The molecule has 3 heterocycles. The number of nitrogens with one attached hydrogen (secondary N) is 3. The van der Waals surface area contributed by atoms with Gasteiger partial charge in [-0.3, -0.25) is 14.9 Å². The highest BCUT2D eigenvalue weighted by Crippen LogP contribution is 2.19. The minimum absolute atomic E-state index is 0.135. The van der Waals surface area contributed by atoms with Gasteiger partial charge in [-0.25, -0.2) is 0 Å². The van der Waals surface area contributed by atoms with Crippen LogP contribution in [0.15, 0.2) is 83.5 Å². The van der Waals surface area contributed by atoms with E-state index in [9.17, 15) is 14.7 Å². The molecular weight excluding hydrogens is 670 g/mol. The number of aryl methyl sites for hydroxylation is 2. The van der Waals surface area contributed by atoms with E-state index in [0.29, 0.717) is 27.8 Å². The van der Waals surface area contributed by atoms with Gasteiger partial charge in [0.15, 0.2) is 5.82 Å². The maximum atomic E-state index is 12.7. The van der Waals surface area contributed by atoms with Crippen LogP contribution in [0.5, 0.6) is 0 Å². The maximum Gasteiger partial charge on any atom is 0.230 e. The third-order valence-corrected chi connectivity index (χ3v) is 8.09. The van der Waals surface area contributed by atoms with Crippen LogP contribution < -0.4 is 16.0 Å². The number of hydrogen-bond donors (Lipinski definition) is 4. The molecule has 0 saturated carbocycles. The number of unbranched alkanes of at least 4 members (excludes halogenated alkanes) is 1. The standard InChI is InChI=1S/C32H32BrN9O3S/c33-26-15-14-25(38-39-26)31(45)34-20-23-10-6-9-22(17-23)19-29(44)36-32-42-41-30(46-32)12-5-4-11-24-13-16-27(40-37-24)35-28(43)18-21-7-2-1-3-8-21/h1-3,6-10,13-17,31,34,45H,4-5,11-12,18-20H2,(H,35,40,43)(H,36,42,44). The summed E-state index contributed by atoms with van der Waals surface area (Å²) in [6, 6.07) is 24.2. The van der Waals surface area contributed by atoms with Crippen LogP contribution in [0.3, 0.4) is 0 Å². The van der Waals surface area contributed by atoms with Crippen LogP contribution in [0.2, 0.25) is 0 Å². The first-order chi connectivity index (χ1) is 22.4. The summed E-state index contributed by atoms with van der Waals surface area (Å²) in [6.07, 6.45) is 2.75. The Morgan fingerprint density at radius 3 is 2.28 bits per heavy atom. The molecule has 2 amide bonds. The summed E-state index contributed by atoms with van der Waals surface area (Å²) < 4.78 is 0.591. The van der Waals surface area contributed by atoms with Gasteiger partial charge in [-0.2, -0.15) is 10.2 Å². The molecule has 0 aliphatic rings. The Labute approximate surface area is 278 Å². The van der Waals surface area contributed by atoms with Crippen molar-refractivity contribution in [1.82, 2.24) is 35.9 Å². The lowest BCUT2D eigenvalue weighted by Crippen LogP contribution is -2.22. The Bertz CT molecular complexity index is 1720. The average Bonchev–Trinajstić information content (AvgIpc) is 3.50. The second kappa shape index (κ2) is 16.7. The quantitative estimate of drug-likeness (QED) is 0.0895. The fourth-order valence-corrected chi connectivity index (χ4v) is 5.51. The molecule has 5 aromatic rings. The van der Waals surface area contributed by atoms with E-state index in [2.05, 4.69) is 62.5 Å². The second-order valence-electron chi connectivity index (χ2n) is 10.4. The Morgan fingerprint density at radius 1 is 0.739 bits per heavy atom. The first-order valence-corrected chi connectivity index (χ1v) is 16.3. The number of anilines is 2. The fraction of sp³-hybridized carbons (Fsp3) is 0.250. The number of rotatable bonds is 15. The molecule has 4 N–H and O–H groups in total. The molecule has 46 heavy (non-hydrogen) atoms. The number of benzene rings is 2. The second-order valence-corrected chi connectivity index (χ2v) is 12.3. The number of amides is 2. The van der Waals surface area contributed by atoms with Crippen molar-refractivity contribution in [2.45, 2.75) is 51.3 Å². The van der Waals surface area contributed by atoms with Crippen LogP contribution in [0.25, 0.3) is 0 Å². The van der Waals surface area contributed by atoms with E-state index in [1.807, 2.05) is 60.7 Å². The molecule has 1 unspecified atom stereocenters. The largest absolute Gasteiger partial charge is 0.373 e. The Balaban J connectivity index is 0.994. The number of aromatic nitrogens is 6. The SMILES string of the molecule is O=C(Cc1ccccc1)Nc1ccc(CCCCc2nnc(NC(=O)Cc3cccc(CNC(O)c4ccc(Br)nn4)c3)s2)nn1. The molecule has 0 radical (unpaired) electrons. The molecule has 0 fully saturated rings. The summed E-state index contributed by atoms with van der Waals surface area (Å²) in [7, 11) is 0. The van der Waals surface area contributed by atoms with Gasteiger partial charge < -0.3 is 15.7 Å². The van der Waals surface area contributed by atoms with Gasteiger partial charge in [-0.15, -0.1) is 20.4 Å². The number of carbonyl (C=O) groups is 2. The summed E-state index contributed by atoms with van der Waals surface area (Å²) in [5, 5.41) is 44.8. The van der Waals surface area contributed by atoms with Gasteiger partial charge in [0.25, 0.3) is 0 Å². The van der Waals surface area contributed by atoms with E-state index >= 15 is 0 Å². The zero-order valence-corrected chi connectivity index (χ0v) is 27.2. The highest BCUT2D eigenvalue weighted by Gasteiger charge is 2.12. The first-order valence-electron chi connectivity index (χ1n) is 14.7. The predicted octanol–water partition coefficient (Wildman–Crippen LogP) is 4.59. The summed E-state index contributed by atoms with van der Waals surface area (Å²) in [6.45, 7) is 0.388. The van der Waals surface area contributed by atoms with Crippen molar-refractivity contribution in [3.63, 3.8) is 0 Å². The Kier molecular flexibility index (Phi) is 11.9. The molecule has 2 aromatic carbocycles. The van der Waals surface area contributed by atoms with Crippen molar-refractivity contribution < 1.29 is 14.7 Å². The van der Waals surface area contributed by atoms with Crippen molar-refractivity contribution in [3.8, 4) is 0 Å². The summed E-state index contributed by atoms with van der Waals surface area (Å²) in [5.41, 5.74) is 3.96. The topological polar surface area (TPSA) is 168 Å². The highest BCUT2D eigenvalue weighted by atomic mass is 79.9. The average molecular weight is 703 g/mol.